The second kappa shape index (κ2) is 6.90. The number of carbonyl (C=O) groups excluding carboxylic acids is 1. The van der Waals surface area contributed by atoms with Crippen molar-refractivity contribution >= 4 is 34.5 Å². The molecule has 0 fully saturated rings. The Kier molecular flexibility index (Phi) is 6.66. The lowest BCUT2D eigenvalue weighted by atomic mass is 10.3. The maximum absolute atomic E-state index is 11.2. The van der Waals surface area contributed by atoms with Gasteiger partial charge in [0.2, 0.25) is 0 Å². The first-order chi connectivity index (χ1) is 6.56. The zero-order valence-corrected chi connectivity index (χ0v) is 10.3. The molecule has 0 rings (SSSR count). The molecule has 0 aliphatic carbocycles. The summed E-state index contributed by atoms with van der Waals surface area (Å²) in [5.41, 5.74) is 0.301. The molecule has 0 spiro atoms. The van der Waals surface area contributed by atoms with E-state index in [0.29, 0.717) is 5.57 Å². The normalized spacial score (nSPS) is 15.2. The van der Waals surface area contributed by atoms with Gasteiger partial charge in [-0.05, 0) is 20.1 Å². The van der Waals surface area contributed by atoms with Gasteiger partial charge in [0, 0.05) is 0 Å². The summed E-state index contributed by atoms with van der Waals surface area (Å²) >= 11 is 7.41. The van der Waals surface area contributed by atoms with E-state index in [-0.39, 0.29) is 10.5 Å². The van der Waals surface area contributed by atoms with E-state index in [0.717, 1.165) is 0 Å². The quantitative estimate of drug-likeness (QED) is 0.427. The van der Waals surface area contributed by atoms with Crippen LogP contribution in [0.25, 0.3) is 0 Å². The number of halogens is 1. The molecule has 5 heteroatoms. The van der Waals surface area contributed by atoms with Crippen molar-refractivity contribution in [3.05, 3.63) is 11.6 Å². The SMILES string of the molecule is C/C=C(C(=O)OC)\C(Cl)=N/C(C)SC. The van der Waals surface area contributed by atoms with Crippen LogP contribution in [0.5, 0.6) is 0 Å². The van der Waals surface area contributed by atoms with E-state index in [4.69, 9.17) is 11.6 Å². The summed E-state index contributed by atoms with van der Waals surface area (Å²) in [6.45, 7) is 3.62. The van der Waals surface area contributed by atoms with Crippen LogP contribution in [0.4, 0.5) is 0 Å². The molecule has 0 N–H and O–H groups in total. The fourth-order valence-corrected chi connectivity index (χ4v) is 1.31. The van der Waals surface area contributed by atoms with Gasteiger partial charge in [0.05, 0.1) is 18.1 Å². The molecule has 1 atom stereocenters. The van der Waals surface area contributed by atoms with Crippen LogP contribution in [0.3, 0.4) is 0 Å². The number of carbonyl (C=O) groups is 1. The molecule has 1 unspecified atom stereocenters. The number of methoxy groups -OCH3 is 1. The van der Waals surface area contributed by atoms with Gasteiger partial charge in [0.1, 0.15) is 5.17 Å². The highest BCUT2D eigenvalue weighted by atomic mass is 35.5. The van der Waals surface area contributed by atoms with E-state index in [1.807, 2.05) is 13.2 Å². The molecule has 0 aromatic heterocycles. The molecule has 0 radical (unpaired) electrons. The standard InChI is InChI=1S/C9H14ClNO2S/c1-5-7(9(12)13-3)8(10)11-6(2)14-4/h5-6H,1-4H3/b7-5+,11-8+. The third-order valence-corrected chi connectivity index (χ3v) is 2.64. The molecule has 0 bridgehead atoms. The highest BCUT2D eigenvalue weighted by Gasteiger charge is 2.14. The van der Waals surface area contributed by atoms with Gasteiger partial charge in [-0.15, -0.1) is 11.8 Å². The minimum Gasteiger partial charge on any atom is -0.465 e. The summed E-state index contributed by atoms with van der Waals surface area (Å²) < 4.78 is 4.56. The monoisotopic (exact) mass is 235 g/mol. The molecule has 0 aliphatic rings. The smallest absolute Gasteiger partial charge is 0.340 e. The number of nitrogens with zero attached hydrogens (tertiary/aromatic N) is 1. The van der Waals surface area contributed by atoms with Crippen LogP contribution in [0.2, 0.25) is 0 Å². The second-order valence-corrected chi connectivity index (χ2v) is 3.96. The maximum atomic E-state index is 11.2. The molecule has 0 saturated heterocycles. The Morgan fingerprint density at radius 2 is 2.21 bits per heavy atom. The van der Waals surface area contributed by atoms with E-state index >= 15 is 0 Å². The van der Waals surface area contributed by atoms with Crippen LogP contribution in [-0.4, -0.2) is 29.9 Å². The Labute approximate surface area is 93.6 Å². The highest BCUT2D eigenvalue weighted by Crippen LogP contribution is 2.12. The van der Waals surface area contributed by atoms with E-state index in [1.165, 1.54) is 7.11 Å². The lowest BCUT2D eigenvalue weighted by molar-refractivity contribution is -0.135. The van der Waals surface area contributed by atoms with Gasteiger partial charge in [0.25, 0.3) is 0 Å². The molecule has 0 heterocycles. The maximum Gasteiger partial charge on any atom is 0.340 e. The van der Waals surface area contributed by atoms with Gasteiger partial charge >= 0.3 is 5.97 Å². The molecule has 0 aromatic carbocycles. The average molecular weight is 236 g/mol. The molecular formula is C9H14ClNO2S. The third-order valence-electron chi connectivity index (χ3n) is 1.55. The summed E-state index contributed by atoms with van der Waals surface area (Å²) in [7, 11) is 1.31. The predicted octanol–water partition coefficient (Wildman–Crippen LogP) is 2.45. The van der Waals surface area contributed by atoms with Crippen molar-refractivity contribution in [1.82, 2.24) is 0 Å². The van der Waals surface area contributed by atoms with Crippen LogP contribution < -0.4 is 0 Å². The minimum atomic E-state index is -0.463. The molecule has 0 aliphatic heterocycles. The number of allylic oxidation sites excluding steroid dienone is 1. The van der Waals surface area contributed by atoms with Crippen LogP contribution >= 0.6 is 23.4 Å². The minimum absolute atomic E-state index is 0.0297. The topological polar surface area (TPSA) is 38.7 Å². The largest absolute Gasteiger partial charge is 0.465 e. The van der Waals surface area contributed by atoms with E-state index in [9.17, 15) is 4.79 Å². The number of hydrogen-bond donors (Lipinski definition) is 0. The van der Waals surface area contributed by atoms with Crippen LogP contribution in [0, 0.1) is 0 Å². The van der Waals surface area contributed by atoms with Crippen molar-refractivity contribution < 1.29 is 9.53 Å². The van der Waals surface area contributed by atoms with Gasteiger partial charge in [-0.25, -0.2) is 4.79 Å². The summed E-state index contributed by atoms with van der Waals surface area (Å²) in [4.78, 5) is 15.3. The van der Waals surface area contributed by atoms with Crippen molar-refractivity contribution in [2.45, 2.75) is 19.2 Å². The Hall–Kier alpha value is -0.480. The van der Waals surface area contributed by atoms with Crippen molar-refractivity contribution in [1.29, 1.82) is 0 Å². The van der Waals surface area contributed by atoms with Crippen LogP contribution in [0.15, 0.2) is 16.6 Å². The summed E-state index contributed by atoms with van der Waals surface area (Å²) in [5, 5.41) is 0.225. The number of aliphatic imine (C=N–C) groups is 1. The van der Waals surface area contributed by atoms with E-state index < -0.39 is 5.97 Å². The van der Waals surface area contributed by atoms with Crippen LogP contribution in [-0.2, 0) is 9.53 Å². The Balaban J connectivity index is 4.72. The van der Waals surface area contributed by atoms with E-state index in [1.54, 1.807) is 24.8 Å². The first kappa shape index (κ1) is 13.5. The molecular weight excluding hydrogens is 222 g/mol. The molecule has 0 amide bonds. The van der Waals surface area contributed by atoms with Gasteiger partial charge in [0.15, 0.2) is 0 Å². The van der Waals surface area contributed by atoms with Gasteiger partial charge in [-0.3, -0.25) is 4.99 Å². The molecule has 0 saturated carbocycles. The molecule has 0 aromatic rings. The Bertz CT molecular complexity index is 264. The molecule has 14 heavy (non-hydrogen) atoms. The van der Waals surface area contributed by atoms with Gasteiger partial charge in [-0.1, -0.05) is 17.7 Å². The number of thioether (sulfide) groups is 1. The van der Waals surface area contributed by atoms with Crippen molar-refractivity contribution in [3.8, 4) is 0 Å². The number of ether oxygens (including phenoxy) is 1. The van der Waals surface area contributed by atoms with E-state index in [2.05, 4.69) is 9.73 Å². The van der Waals surface area contributed by atoms with Gasteiger partial charge < -0.3 is 4.74 Å². The molecule has 3 nitrogen and oxygen atoms in total. The first-order valence-corrected chi connectivity index (χ1v) is 5.74. The average Bonchev–Trinajstić information content (AvgIpc) is 2.18. The zero-order chi connectivity index (χ0) is 11.1. The lowest BCUT2D eigenvalue weighted by Crippen LogP contribution is -2.11. The zero-order valence-electron chi connectivity index (χ0n) is 8.70. The lowest BCUT2D eigenvalue weighted by Gasteiger charge is -2.05. The fraction of sp³-hybridized carbons (Fsp3) is 0.556. The highest BCUT2D eigenvalue weighted by molar-refractivity contribution is 7.99. The predicted molar refractivity (Wildman–Crippen MR) is 62.0 cm³/mol. The number of hydrogen-bond acceptors (Lipinski definition) is 4. The number of esters is 1. The van der Waals surface area contributed by atoms with Crippen molar-refractivity contribution in [3.63, 3.8) is 0 Å². The fourth-order valence-electron chi connectivity index (χ4n) is 0.713. The van der Waals surface area contributed by atoms with Crippen LogP contribution in [0.1, 0.15) is 13.8 Å². The van der Waals surface area contributed by atoms with Crippen molar-refractivity contribution in [2.24, 2.45) is 4.99 Å². The summed E-state index contributed by atoms with van der Waals surface area (Å²) in [5.74, 6) is -0.463. The summed E-state index contributed by atoms with van der Waals surface area (Å²) in [6, 6.07) is 0. The Morgan fingerprint density at radius 1 is 1.64 bits per heavy atom. The van der Waals surface area contributed by atoms with Gasteiger partial charge in [-0.2, -0.15) is 0 Å². The first-order valence-electron chi connectivity index (χ1n) is 4.07. The second-order valence-electron chi connectivity index (χ2n) is 2.45. The number of rotatable bonds is 4. The third kappa shape index (κ3) is 4.15. The van der Waals surface area contributed by atoms with Crippen molar-refractivity contribution in [2.75, 3.05) is 13.4 Å². The summed E-state index contributed by atoms with van der Waals surface area (Å²) in [6.07, 6.45) is 3.51. The molecule has 80 valence electrons. The Morgan fingerprint density at radius 3 is 2.57 bits per heavy atom.